The minimum atomic E-state index is 0.524. The quantitative estimate of drug-likeness (QED) is 0.849. The van der Waals surface area contributed by atoms with E-state index in [1.807, 2.05) is 25.1 Å². The maximum absolute atomic E-state index is 5.81. The Hall–Kier alpha value is -1.06. The normalized spacial score (nSPS) is 10.3. The van der Waals surface area contributed by atoms with Gasteiger partial charge in [0.2, 0.25) is 0 Å². The topological polar surface area (TPSA) is 24.9 Å². The third kappa shape index (κ3) is 3.45. The highest BCUT2D eigenvalue weighted by Crippen LogP contribution is 2.17. The number of rotatable bonds is 3. The molecule has 0 radical (unpaired) electrons. The zero-order chi connectivity index (χ0) is 12.3. The van der Waals surface area contributed by atoms with Crippen molar-refractivity contribution in [3.8, 4) is 0 Å². The Morgan fingerprint density at radius 3 is 2.82 bits per heavy atom. The number of aromatic nitrogens is 1. The van der Waals surface area contributed by atoms with Crippen molar-refractivity contribution in [2.24, 2.45) is 0 Å². The zero-order valence-electron chi connectivity index (χ0n) is 9.37. The van der Waals surface area contributed by atoms with E-state index in [9.17, 15) is 0 Å². The summed E-state index contributed by atoms with van der Waals surface area (Å²) in [6.45, 7) is 2.71. The van der Waals surface area contributed by atoms with Crippen LogP contribution in [0.25, 0.3) is 0 Å². The van der Waals surface area contributed by atoms with E-state index in [-0.39, 0.29) is 0 Å². The molecule has 0 amide bonds. The summed E-state index contributed by atoms with van der Waals surface area (Å²) in [6, 6.07) is 11.9. The first kappa shape index (κ1) is 12.4. The molecule has 0 spiro atoms. The molecule has 0 unspecified atom stereocenters. The van der Waals surface area contributed by atoms with E-state index in [1.54, 1.807) is 6.07 Å². The predicted molar refractivity (Wildman–Crippen MR) is 75.5 cm³/mol. The lowest BCUT2D eigenvalue weighted by atomic mass is 10.2. The van der Waals surface area contributed by atoms with Gasteiger partial charge in [0, 0.05) is 11.0 Å². The Balaban J connectivity index is 2.07. The van der Waals surface area contributed by atoms with E-state index in [2.05, 4.69) is 38.4 Å². The molecule has 1 heterocycles. The number of hydrogen-bond acceptors (Lipinski definition) is 2. The first-order chi connectivity index (χ1) is 8.15. The van der Waals surface area contributed by atoms with Gasteiger partial charge in [0.25, 0.3) is 0 Å². The molecule has 0 aliphatic heterocycles. The van der Waals surface area contributed by atoms with Crippen molar-refractivity contribution < 1.29 is 0 Å². The lowest BCUT2D eigenvalue weighted by Gasteiger charge is -2.09. The third-order valence-corrected chi connectivity index (χ3v) is 3.13. The molecule has 0 bridgehead atoms. The molecular weight excluding hydrogens is 300 g/mol. The highest BCUT2D eigenvalue weighted by Gasteiger charge is 2.00. The third-order valence-electron chi connectivity index (χ3n) is 2.42. The summed E-state index contributed by atoms with van der Waals surface area (Å²) in [5.41, 5.74) is 3.13. The fourth-order valence-corrected chi connectivity index (χ4v) is 2.20. The Labute approximate surface area is 114 Å². The molecular formula is C13H12BrClN2. The molecule has 4 heteroatoms. The second kappa shape index (κ2) is 5.52. The van der Waals surface area contributed by atoms with Crippen LogP contribution < -0.4 is 5.32 Å². The number of halogens is 2. The lowest BCUT2D eigenvalue weighted by Crippen LogP contribution is -2.02. The van der Waals surface area contributed by atoms with E-state index in [0.29, 0.717) is 5.15 Å². The summed E-state index contributed by atoms with van der Waals surface area (Å²) in [5.74, 6) is 0. The van der Waals surface area contributed by atoms with E-state index < -0.39 is 0 Å². The maximum atomic E-state index is 5.81. The number of nitrogens with one attached hydrogen (secondary N) is 1. The summed E-state index contributed by atoms with van der Waals surface area (Å²) >= 11 is 9.26. The SMILES string of the molecule is Cc1nc(Cl)ccc1NCc1cccc(Br)c1. The standard InChI is InChI=1S/C13H12BrClN2/c1-9-12(5-6-13(15)17-9)16-8-10-3-2-4-11(14)7-10/h2-7,16H,8H2,1H3. The van der Waals surface area contributed by atoms with Crippen molar-refractivity contribution in [2.75, 3.05) is 5.32 Å². The van der Waals surface area contributed by atoms with Crippen molar-refractivity contribution in [1.29, 1.82) is 0 Å². The minimum Gasteiger partial charge on any atom is -0.379 e. The van der Waals surface area contributed by atoms with Crippen LogP contribution in [0.15, 0.2) is 40.9 Å². The van der Waals surface area contributed by atoms with E-state index in [0.717, 1.165) is 22.4 Å². The smallest absolute Gasteiger partial charge is 0.129 e. The van der Waals surface area contributed by atoms with Crippen LogP contribution in [0.2, 0.25) is 5.15 Å². The van der Waals surface area contributed by atoms with Gasteiger partial charge >= 0.3 is 0 Å². The zero-order valence-corrected chi connectivity index (χ0v) is 11.7. The molecule has 88 valence electrons. The number of hydrogen-bond donors (Lipinski definition) is 1. The summed E-state index contributed by atoms with van der Waals surface area (Å²) in [5, 5.41) is 3.87. The number of anilines is 1. The molecule has 0 atom stereocenters. The van der Waals surface area contributed by atoms with Crippen LogP contribution in [0.1, 0.15) is 11.3 Å². The number of benzene rings is 1. The maximum Gasteiger partial charge on any atom is 0.129 e. The largest absolute Gasteiger partial charge is 0.379 e. The minimum absolute atomic E-state index is 0.524. The molecule has 0 aliphatic carbocycles. The molecule has 1 aromatic heterocycles. The van der Waals surface area contributed by atoms with Crippen LogP contribution in [0, 0.1) is 6.92 Å². The van der Waals surface area contributed by atoms with Crippen molar-refractivity contribution in [3.05, 3.63) is 57.3 Å². The average molecular weight is 312 g/mol. The fourth-order valence-electron chi connectivity index (χ4n) is 1.56. The second-order valence-corrected chi connectivity index (χ2v) is 5.05. The van der Waals surface area contributed by atoms with Gasteiger partial charge in [-0.2, -0.15) is 0 Å². The van der Waals surface area contributed by atoms with Crippen molar-refractivity contribution >= 4 is 33.2 Å². The molecule has 2 aromatic rings. The van der Waals surface area contributed by atoms with Crippen LogP contribution >= 0.6 is 27.5 Å². The van der Waals surface area contributed by atoms with Crippen LogP contribution in [0.3, 0.4) is 0 Å². The van der Waals surface area contributed by atoms with Gasteiger partial charge in [0.05, 0.1) is 11.4 Å². The second-order valence-electron chi connectivity index (χ2n) is 3.75. The van der Waals surface area contributed by atoms with E-state index >= 15 is 0 Å². The van der Waals surface area contributed by atoms with Gasteiger partial charge in [0.1, 0.15) is 5.15 Å². The van der Waals surface area contributed by atoms with Crippen molar-refractivity contribution in [1.82, 2.24) is 4.98 Å². The Morgan fingerprint density at radius 1 is 1.29 bits per heavy atom. The van der Waals surface area contributed by atoms with Gasteiger partial charge in [-0.1, -0.05) is 39.7 Å². The molecule has 2 rings (SSSR count). The number of pyridine rings is 1. The van der Waals surface area contributed by atoms with E-state index in [4.69, 9.17) is 11.6 Å². The van der Waals surface area contributed by atoms with Gasteiger partial charge in [0.15, 0.2) is 0 Å². The first-order valence-corrected chi connectivity index (χ1v) is 6.44. The fraction of sp³-hybridized carbons (Fsp3) is 0.154. The monoisotopic (exact) mass is 310 g/mol. The molecule has 1 N–H and O–H groups in total. The Morgan fingerprint density at radius 2 is 2.12 bits per heavy atom. The molecule has 2 nitrogen and oxygen atoms in total. The van der Waals surface area contributed by atoms with Gasteiger partial charge in [-0.3, -0.25) is 0 Å². The molecule has 17 heavy (non-hydrogen) atoms. The van der Waals surface area contributed by atoms with Crippen LogP contribution in [-0.4, -0.2) is 4.98 Å². The number of nitrogens with zero attached hydrogens (tertiary/aromatic N) is 1. The Kier molecular flexibility index (Phi) is 4.02. The highest BCUT2D eigenvalue weighted by atomic mass is 79.9. The van der Waals surface area contributed by atoms with Crippen LogP contribution in [0.4, 0.5) is 5.69 Å². The Bertz CT molecular complexity index is 529. The van der Waals surface area contributed by atoms with Gasteiger partial charge in [-0.05, 0) is 36.8 Å². The lowest BCUT2D eigenvalue weighted by molar-refractivity contribution is 1.11. The molecule has 0 saturated heterocycles. The highest BCUT2D eigenvalue weighted by molar-refractivity contribution is 9.10. The predicted octanol–water partition coefficient (Wildman–Crippen LogP) is 4.42. The van der Waals surface area contributed by atoms with Crippen molar-refractivity contribution in [2.45, 2.75) is 13.5 Å². The molecule has 0 fully saturated rings. The molecule has 0 aliphatic rings. The summed E-state index contributed by atoms with van der Waals surface area (Å²) < 4.78 is 1.09. The van der Waals surface area contributed by atoms with E-state index in [1.165, 1.54) is 5.56 Å². The van der Waals surface area contributed by atoms with Gasteiger partial charge in [-0.25, -0.2) is 4.98 Å². The van der Waals surface area contributed by atoms with Gasteiger partial charge in [-0.15, -0.1) is 0 Å². The van der Waals surface area contributed by atoms with Crippen LogP contribution in [0.5, 0.6) is 0 Å². The average Bonchev–Trinajstić information content (AvgIpc) is 2.28. The summed E-state index contributed by atoms with van der Waals surface area (Å²) in [7, 11) is 0. The summed E-state index contributed by atoms with van der Waals surface area (Å²) in [6.07, 6.45) is 0. The molecule has 0 saturated carbocycles. The van der Waals surface area contributed by atoms with Crippen molar-refractivity contribution in [3.63, 3.8) is 0 Å². The number of aryl methyl sites for hydroxylation is 1. The molecule has 1 aromatic carbocycles. The van der Waals surface area contributed by atoms with Crippen LogP contribution in [-0.2, 0) is 6.54 Å². The first-order valence-electron chi connectivity index (χ1n) is 5.26. The van der Waals surface area contributed by atoms with Gasteiger partial charge < -0.3 is 5.32 Å². The summed E-state index contributed by atoms with van der Waals surface area (Å²) in [4.78, 5) is 4.20.